The molecule has 29 heavy (non-hydrogen) atoms. The first-order valence-corrected chi connectivity index (χ1v) is 9.95. The third-order valence-electron chi connectivity index (χ3n) is 5.66. The van der Waals surface area contributed by atoms with Gasteiger partial charge < -0.3 is 19.4 Å². The van der Waals surface area contributed by atoms with Gasteiger partial charge in [-0.2, -0.15) is 5.10 Å². The average molecular weight is 394 g/mol. The molecular weight excluding hydrogens is 372 g/mol. The van der Waals surface area contributed by atoms with Crippen LogP contribution in [0.5, 0.6) is 11.5 Å². The van der Waals surface area contributed by atoms with Crippen LogP contribution in [0.15, 0.2) is 41.6 Å². The monoisotopic (exact) mass is 394 g/mol. The number of benzene rings is 1. The minimum absolute atomic E-state index is 0.147. The smallest absolute Gasteiger partial charge is 0.274 e. The summed E-state index contributed by atoms with van der Waals surface area (Å²) in [7, 11) is 0. The average Bonchev–Trinajstić information content (AvgIpc) is 3.42. The molecule has 0 atom stereocenters. The fourth-order valence-corrected chi connectivity index (χ4v) is 4.23. The van der Waals surface area contributed by atoms with Crippen molar-refractivity contribution in [3.8, 4) is 11.5 Å². The van der Waals surface area contributed by atoms with Gasteiger partial charge in [0, 0.05) is 25.0 Å². The van der Waals surface area contributed by atoms with Gasteiger partial charge in [0.1, 0.15) is 18.7 Å². The van der Waals surface area contributed by atoms with E-state index >= 15 is 0 Å². The summed E-state index contributed by atoms with van der Waals surface area (Å²) in [6.07, 6.45) is 8.76. The number of carbonyl (C=O) groups is 1. The molecule has 0 unspecified atom stereocenters. The molecule has 8 heteroatoms. The molecule has 2 aromatic heterocycles. The Kier molecular flexibility index (Phi) is 4.46. The van der Waals surface area contributed by atoms with Crippen LogP contribution in [0.2, 0.25) is 0 Å². The van der Waals surface area contributed by atoms with Crippen LogP contribution in [0.4, 0.5) is 0 Å². The van der Waals surface area contributed by atoms with E-state index in [4.69, 9.17) is 9.47 Å². The van der Waals surface area contributed by atoms with Crippen LogP contribution in [0, 0.1) is 0 Å². The number of hydrogen-bond donors (Lipinski definition) is 1. The van der Waals surface area contributed by atoms with Crippen molar-refractivity contribution in [2.45, 2.75) is 38.3 Å². The number of aromatic nitrogens is 3. The van der Waals surface area contributed by atoms with Crippen molar-refractivity contribution >= 4 is 11.4 Å². The summed E-state index contributed by atoms with van der Waals surface area (Å²) in [6, 6.07) is 5.94. The van der Waals surface area contributed by atoms with Crippen molar-refractivity contribution in [2.24, 2.45) is 0 Å². The van der Waals surface area contributed by atoms with Crippen LogP contribution < -0.4 is 15.0 Å². The van der Waals surface area contributed by atoms with Crippen molar-refractivity contribution in [3.05, 3.63) is 58.3 Å². The van der Waals surface area contributed by atoms with Crippen molar-refractivity contribution in [2.75, 3.05) is 13.2 Å². The van der Waals surface area contributed by atoms with Crippen molar-refractivity contribution in [1.82, 2.24) is 19.5 Å². The van der Waals surface area contributed by atoms with E-state index in [1.165, 1.54) is 16.9 Å². The number of amides is 1. The van der Waals surface area contributed by atoms with Crippen LogP contribution >= 0.6 is 0 Å². The maximum atomic E-state index is 13.5. The lowest BCUT2D eigenvalue weighted by molar-refractivity contribution is 0.0666. The third-order valence-corrected chi connectivity index (χ3v) is 5.66. The van der Waals surface area contributed by atoms with Crippen molar-refractivity contribution in [1.29, 1.82) is 0 Å². The number of carbonyl (C=O) groups excluding carboxylic acids is 1. The molecule has 8 nitrogen and oxygen atoms in total. The summed E-state index contributed by atoms with van der Waals surface area (Å²) in [5.74, 6) is 1.27. The highest BCUT2D eigenvalue weighted by Gasteiger charge is 2.30. The Bertz CT molecular complexity index is 1110. The fourth-order valence-electron chi connectivity index (χ4n) is 4.23. The minimum atomic E-state index is -0.320. The van der Waals surface area contributed by atoms with Gasteiger partial charge in [-0.25, -0.2) is 4.52 Å². The Hall–Kier alpha value is -3.29. The van der Waals surface area contributed by atoms with Gasteiger partial charge in [0.15, 0.2) is 11.5 Å². The Balaban J connectivity index is 1.50. The summed E-state index contributed by atoms with van der Waals surface area (Å²) in [5, 5.41) is 4.19. The van der Waals surface area contributed by atoms with E-state index in [1.54, 1.807) is 6.20 Å². The summed E-state index contributed by atoms with van der Waals surface area (Å²) < 4.78 is 12.7. The lowest BCUT2D eigenvalue weighted by atomic mass is 10.1. The van der Waals surface area contributed by atoms with Gasteiger partial charge in [-0.1, -0.05) is 18.9 Å². The molecule has 0 radical (unpaired) electrons. The molecule has 1 saturated carbocycles. The van der Waals surface area contributed by atoms with Gasteiger partial charge >= 0.3 is 0 Å². The number of nitrogens with one attached hydrogen (secondary N) is 1. The van der Waals surface area contributed by atoms with Crippen LogP contribution in [0.25, 0.3) is 5.52 Å². The first kappa shape index (κ1) is 17.8. The molecule has 1 aliphatic heterocycles. The van der Waals surface area contributed by atoms with Crippen LogP contribution in [0.3, 0.4) is 0 Å². The Morgan fingerprint density at radius 2 is 2.00 bits per heavy atom. The molecule has 1 aromatic carbocycles. The third kappa shape index (κ3) is 3.24. The van der Waals surface area contributed by atoms with Crippen LogP contribution in [-0.2, 0) is 6.54 Å². The summed E-state index contributed by atoms with van der Waals surface area (Å²) in [5.41, 5.74) is 1.26. The number of rotatable bonds is 4. The van der Waals surface area contributed by atoms with Crippen LogP contribution in [-0.4, -0.2) is 44.7 Å². The number of aromatic amines is 1. The van der Waals surface area contributed by atoms with Crippen LogP contribution in [0.1, 0.15) is 41.6 Å². The predicted molar refractivity (Wildman–Crippen MR) is 105 cm³/mol. The number of ether oxygens (including phenoxy) is 2. The van der Waals surface area contributed by atoms with Crippen molar-refractivity contribution < 1.29 is 14.3 Å². The second kappa shape index (κ2) is 7.27. The first-order valence-electron chi connectivity index (χ1n) is 9.95. The number of fused-ring (bicyclic) bond motifs is 2. The molecule has 1 fully saturated rings. The van der Waals surface area contributed by atoms with Gasteiger partial charge in [-0.3, -0.25) is 9.59 Å². The summed E-state index contributed by atoms with van der Waals surface area (Å²) >= 11 is 0. The minimum Gasteiger partial charge on any atom is -0.486 e. The van der Waals surface area contributed by atoms with Gasteiger partial charge in [-0.15, -0.1) is 0 Å². The second-order valence-corrected chi connectivity index (χ2v) is 7.49. The largest absolute Gasteiger partial charge is 0.486 e. The molecule has 150 valence electrons. The zero-order valence-electron chi connectivity index (χ0n) is 16.0. The highest BCUT2D eigenvalue weighted by molar-refractivity contribution is 6.00. The lowest BCUT2D eigenvalue weighted by Gasteiger charge is -2.29. The van der Waals surface area contributed by atoms with E-state index in [0.29, 0.717) is 31.1 Å². The Morgan fingerprint density at radius 1 is 1.21 bits per heavy atom. The fraction of sp³-hybridized carbons (Fsp3) is 0.381. The van der Waals surface area contributed by atoms with E-state index in [-0.39, 0.29) is 23.0 Å². The predicted octanol–water partition coefficient (Wildman–Crippen LogP) is 2.38. The SMILES string of the molecule is O=C(c1cnn2cc[nH]c(=O)c12)N(Cc1ccc2c(c1)OCCO2)C1CCCC1. The van der Waals surface area contributed by atoms with E-state index in [9.17, 15) is 9.59 Å². The zero-order chi connectivity index (χ0) is 19.8. The molecule has 0 spiro atoms. The van der Waals surface area contributed by atoms with E-state index in [1.807, 2.05) is 23.1 Å². The topological polar surface area (TPSA) is 88.9 Å². The normalized spacial score (nSPS) is 16.3. The maximum absolute atomic E-state index is 13.5. The van der Waals surface area contributed by atoms with Gasteiger partial charge in [0.05, 0.1) is 11.8 Å². The molecule has 1 aliphatic carbocycles. The molecule has 1 amide bonds. The standard InChI is InChI=1S/C21H22N4O4/c26-20-19-16(12-23-25(19)8-7-22-20)21(27)24(15-3-1-2-4-15)13-14-5-6-17-18(11-14)29-10-9-28-17/h5-8,11-12,15H,1-4,9-10,13H2,(H,22,26). The molecule has 1 N–H and O–H groups in total. The molecule has 5 rings (SSSR count). The van der Waals surface area contributed by atoms with E-state index < -0.39 is 0 Å². The Labute approximate surface area is 167 Å². The van der Waals surface area contributed by atoms with E-state index in [2.05, 4.69) is 10.1 Å². The van der Waals surface area contributed by atoms with E-state index in [0.717, 1.165) is 37.0 Å². The number of hydrogen-bond acceptors (Lipinski definition) is 5. The molecule has 2 aliphatic rings. The molecule has 0 saturated heterocycles. The van der Waals surface area contributed by atoms with Gasteiger partial charge in [0.2, 0.25) is 0 Å². The summed E-state index contributed by atoms with van der Waals surface area (Å²) in [6.45, 7) is 1.51. The maximum Gasteiger partial charge on any atom is 0.274 e. The molecule has 3 aromatic rings. The highest BCUT2D eigenvalue weighted by Crippen LogP contribution is 2.33. The van der Waals surface area contributed by atoms with Gasteiger partial charge in [-0.05, 0) is 30.5 Å². The molecular formula is C21H22N4O4. The van der Waals surface area contributed by atoms with Crippen molar-refractivity contribution in [3.63, 3.8) is 0 Å². The number of H-pyrrole nitrogens is 1. The lowest BCUT2D eigenvalue weighted by Crippen LogP contribution is -2.38. The van der Waals surface area contributed by atoms with Gasteiger partial charge in [0.25, 0.3) is 11.5 Å². The zero-order valence-corrected chi connectivity index (χ0v) is 16.0. The summed E-state index contributed by atoms with van der Waals surface area (Å²) in [4.78, 5) is 30.3. The first-order chi connectivity index (χ1) is 14.2. The number of nitrogens with zero attached hydrogens (tertiary/aromatic N) is 3. The second-order valence-electron chi connectivity index (χ2n) is 7.49. The highest BCUT2D eigenvalue weighted by atomic mass is 16.6. The molecule has 0 bridgehead atoms. The molecule has 3 heterocycles. The Morgan fingerprint density at radius 3 is 2.83 bits per heavy atom. The quantitative estimate of drug-likeness (QED) is 0.734.